The van der Waals surface area contributed by atoms with Gasteiger partial charge in [0.05, 0.1) is 12.5 Å². The number of thiophene rings is 1. The number of aliphatic carboxylic acids is 1. The summed E-state index contributed by atoms with van der Waals surface area (Å²) in [7, 11) is 0. The summed E-state index contributed by atoms with van der Waals surface area (Å²) in [5.74, 6) is 1.36. The molecule has 108 valence electrons. The molecule has 2 aliphatic rings. The van der Waals surface area contributed by atoms with E-state index in [1.165, 1.54) is 12.8 Å². The summed E-state index contributed by atoms with van der Waals surface area (Å²) in [6.45, 7) is 2.21. The second-order valence-electron chi connectivity index (χ2n) is 6.07. The summed E-state index contributed by atoms with van der Waals surface area (Å²) < 4.78 is 0. The SMILES string of the molecule is CC(NC(CC(=O)O)c1cccs1)C1CC2C=CC1C2. The molecular weight excluding hydrogens is 270 g/mol. The van der Waals surface area contributed by atoms with Gasteiger partial charge in [-0.3, -0.25) is 4.79 Å². The zero-order valence-electron chi connectivity index (χ0n) is 11.7. The molecule has 2 aliphatic carbocycles. The molecular formula is C16H21NO2S. The molecule has 1 aromatic rings. The van der Waals surface area contributed by atoms with Crippen LogP contribution in [0.15, 0.2) is 29.7 Å². The molecule has 1 heterocycles. The first-order valence-corrected chi connectivity index (χ1v) is 8.21. The van der Waals surface area contributed by atoms with E-state index in [0.717, 1.165) is 10.8 Å². The molecule has 5 atom stereocenters. The minimum absolute atomic E-state index is 0.0643. The van der Waals surface area contributed by atoms with Gasteiger partial charge in [-0.2, -0.15) is 0 Å². The van der Waals surface area contributed by atoms with Crippen molar-refractivity contribution in [3.63, 3.8) is 0 Å². The molecule has 4 heteroatoms. The quantitative estimate of drug-likeness (QED) is 0.789. The van der Waals surface area contributed by atoms with Gasteiger partial charge in [0.2, 0.25) is 0 Å². The lowest BCUT2D eigenvalue weighted by molar-refractivity contribution is -0.137. The third-order valence-corrected chi connectivity index (χ3v) is 5.69. The minimum atomic E-state index is -0.740. The van der Waals surface area contributed by atoms with Crippen LogP contribution in [0.5, 0.6) is 0 Å². The molecule has 1 aromatic heterocycles. The van der Waals surface area contributed by atoms with Gasteiger partial charge in [-0.15, -0.1) is 11.3 Å². The van der Waals surface area contributed by atoms with Crippen molar-refractivity contribution in [2.75, 3.05) is 0 Å². The van der Waals surface area contributed by atoms with Gasteiger partial charge >= 0.3 is 5.97 Å². The number of rotatable bonds is 6. The standard InChI is InChI=1S/C16H21NO2S/c1-10(13-8-11-4-5-12(13)7-11)17-14(9-16(18)19)15-3-2-6-20-15/h2-6,10-14,17H,7-9H2,1H3,(H,18,19). The average Bonchev–Trinajstić information content (AvgIpc) is 3.14. The van der Waals surface area contributed by atoms with Crippen LogP contribution in [-0.2, 0) is 4.79 Å². The largest absolute Gasteiger partial charge is 0.481 e. The summed E-state index contributed by atoms with van der Waals surface area (Å²) in [4.78, 5) is 12.2. The molecule has 2 N–H and O–H groups in total. The van der Waals surface area contributed by atoms with E-state index >= 15 is 0 Å². The Bertz CT molecular complexity index is 497. The predicted octanol–water partition coefficient (Wildman–Crippen LogP) is 3.45. The number of carbonyl (C=O) groups is 1. The predicted molar refractivity (Wildman–Crippen MR) is 80.8 cm³/mol. The fraction of sp³-hybridized carbons (Fsp3) is 0.562. The van der Waals surface area contributed by atoms with Crippen molar-refractivity contribution < 1.29 is 9.90 Å². The summed E-state index contributed by atoms with van der Waals surface area (Å²) in [6.07, 6.45) is 7.40. The van der Waals surface area contributed by atoms with Gasteiger partial charge in [0.1, 0.15) is 0 Å². The minimum Gasteiger partial charge on any atom is -0.481 e. The van der Waals surface area contributed by atoms with Crippen LogP contribution in [-0.4, -0.2) is 17.1 Å². The van der Waals surface area contributed by atoms with Crippen LogP contribution in [0.3, 0.4) is 0 Å². The van der Waals surface area contributed by atoms with Gasteiger partial charge in [-0.05, 0) is 49.0 Å². The highest BCUT2D eigenvalue weighted by Gasteiger charge is 2.39. The van der Waals surface area contributed by atoms with Gasteiger partial charge in [0, 0.05) is 10.9 Å². The van der Waals surface area contributed by atoms with Gasteiger partial charge < -0.3 is 10.4 Å². The Balaban J connectivity index is 1.66. The van der Waals surface area contributed by atoms with Crippen LogP contribution in [0.4, 0.5) is 0 Å². The third kappa shape index (κ3) is 2.81. The molecule has 0 amide bonds. The van der Waals surface area contributed by atoms with E-state index in [1.807, 2.05) is 17.5 Å². The second-order valence-corrected chi connectivity index (χ2v) is 7.04. The Hall–Kier alpha value is -1.13. The van der Waals surface area contributed by atoms with E-state index in [4.69, 9.17) is 5.11 Å². The molecule has 2 bridgehead atoms. The molecule has 0 aromatic carbocycles. The molecule has 3 nitrogen and oxygen atoms in total. The van der Waals surface area contributed by atoms with Crippen molar-refractivity contribution in [3.05, 3.63) is 34.5 Å². The van der Waals surface area contributed by atoms with Gasteiger partial charge in [0.25, 0.3) is 0 Å². The molecule has 0 spiro atoms. The summed E-state index contributed by atoms with van der Waals surface area (Å²) >= 11 is 1.63. The fourth-order valence-electron chi connectivity index (χ4n) is 3.74. The maximum absolute atomic E-state index is 11.1. The van der Waals surface area contributed by atoms with Crippen molar-refractivity contribution in [2.24, 2.45) is 17.8 Å². The molecule has 0 radical (unpaired) electrons. The van der Waals surface area contributed by atoms with Gasteiger partial charge in [-0.25, -0.2) is 0 Å². The summed E-state index contributed by atoms with van der Waals surface area (Å²) in [6, 6.07) is 4.31. The molecule has 1 fully saturated rings. The number of allylic oxidation sites excluding steroid dienone is 2. The van der Waals surface area contributed by atoms with E-state index in [2.05, 4.69) is 24.4 Å². The van der Waals surface area contributed by atoms with Crippen molar-refractivity contribution in [1.29, 1.82) is 0 Å². The fourth-order valence-corrected chi connectivity index (χ4v) is 4.53. The third-order valence-electron chi connectivity index (χ3n) is 4.70. The van der Waals surface area contributed by atoms with E-state index in [-0.39, 0.29) is 12.5 Å². The normalized spacial score (nSPS) is 30.6. The number of hydrogen-bond donors (Lipinski definition) is 2. The molecule has 3 rings (SSSR count). The van der Waals surface area contributed by atoms with Crippen molar-refractivity contribution >= 4 is 17.3 Å². The van der Waals surface area contributed by atoms with Crippen LogP contribution in [0.1, 0.15) is 37.1 Å². The lowest BCUT2D eigenvalue weighted by Crippen LogP contribution is -2.38. The van der Waals surface area contributed by atoms with Crippen molar-refractivity contribution in [3.8, 4) is 0 Å². The maximum atomic E-state index is 11.1. The van der Waals surface area contributed by atoms with Crippen molar-refractivity contribution in [1.82, 2.24) is 5.32 Å². The maximum Gasteiger partial charge on any atom is 0.305 e. The van der Waals surface area contributed by atoms with Gasteiger partial charge in [-0.1, -0.05) is 18.2 Å². The number of hydrogen-bond acceptors (Lipinski definition) is 3. The number of carboxylic acid groups (broad SMARTS) is 1. The first-order valence-electron chi connectivity index (χ1n) is 7.33. The zero-order valence-corrected chi connectivity index (χ0v) is 12.5. The topological polar surface area (TPSA) is 49.3 Å². The van der Waals surface area contributed by atoms with E-state index in [9.17, 15) is 4.79 Å². The number of fused-ring (bicyclic) bond motifs is 2. The second kappa shape index (κ2) is 5.70. The monoisotopic (exact) mass is 291 g/mol. The first-order chi connectivity index (χ1) is 9.63. The summed E-state index contributed by atoms with van der Waals surface area (Å²) in [5, 5.41) is 14.7. The van der Waals surface area contributed by atoms with Crippen molar-refractivity contribution in [2.45, 2.75) is 38.3 Å². The molecule has 1 saturated carbocycles. The van der Waals surface area contributed by atoms with E-state index in [1.54, 1.807) is 11.3 Å². The lowest BCUT2D eigenvalue weighted by Gasteiger charge is -2.29. The Kier molecular flexibility index (Phi) is 3.94. The highest BCUT2D eigenvalue weighted by atomic mass is 32.1. The lowest BCUT2D eigenvalue weighted by atomic mass is 9.87. The number of nitrogens with one attached hydrogen (secondary N) is 1. The Morgan fingerprint density at radius 2 is 2.35 bits per heavy atom. The van der Waals surface area contributed by atoms with Crippen LogP contribution in [0.2, 0.25) is 0 Å². The Morgan fingerprint density at radius 1 is 1.50 bits per heavy atom. The van der Waals surface area contributed by atoms with Gasteiger partial charge in [0.15, 0.2) is 0 Å². The highest BCUT2D eigenvalue weighted by molar-refractivity contribution is 7.10. The Labute approximate surface area is 123 Å². The van der Waals surface area contributed by atoms with E-state index in [0.29, 0.717) is 17.9 Å². The summed E-state index contributed by atoms with van der Waals surface area (Å²) in [5.41, 5.74) is 0. The Morgan fingerprint density at radius 3 is 2.90 bits per heavy atom. The zero-order chi connectivity index (χ0) is 14.1. The van der Waals surface area contributed by atoms with Crippen LogP contribution >= 0.6 is 11.3 Å². The van der Waals surface area contributed by atoms with Crippen LogP contribution < -0.4 is 5.32 Å². The van der Waals surface area contributed by atoms with Crippen LogP contribution in [0, 0.1) is 17.8 Å². The van der Waals surface area contributed by atoms with E-state index < -0.39 is 5.97 Å². The number of carboxylic acids is 1. The van der Waals surface area contributed by atoms with Crippen LogP contribution in [0.25, 0.3) is 0 Å². The molecule has 20 heavy (non-hydrogen) atoms. The average molecular weight is 291 g/mol. The highest BCUT2D eigenvalue weighted by Crippen LogP contribution is 2.45. The smallest absolute Gasteiger partial charge is 0.305 e. The molecule has 0 aliphatic heterocycles. The first kappa shape index (κ1) is 13.8. The molecule has 5 unspecified atom stereocenters. The molecule has 0 saturated heterocycles.